The van der Waals surface area contributed by atoms with Crippen molar-refractivity contribution in [2.45, 2.75) is 45.1 Å². The van der Waals surface area contributed by atoms with E-state index in [0.29, 0.717) is 12.5 Å². The van der Waals surface area contributed by atoms with Gasteiger partial charge in [0, 0.05) is 6.42 Å². The number of benzene rings is 2. The lowest BCUT2D eigenvalue weighted by Gasteiger charge is -2.27. The van der Waals surface area contributed by atoms with E-state index in [2.05, 4.69) is 53.8 Å². The molecule has 22 heavy (non-hydrogen) atoms. The molecule has 0 bridgehead atoms. The highest BCUT2D eigenvalue weighted by atomic mass is 127. The number of ether oxygens (including phenoxy) is 1. The van der Waals surface area contributed by atoms with E-state index in [0.717, 1.165) is 36.4 Å². The molecule has 0 radical (unpaired) electrons. The van der Waals surface area contributed by atoms with Crippen LogP contribution >= 0.6 is 22.6 Å². The van der Waals surface area contributed by atoms with Crippen molar-refractivity contribution in [3.8, 4) is 5.75 Å². The van der Waals surface area contributed by atoms with Gasteiger partial charge in [0.2, 0.25) is 0 Å². The van der Waals surface area contributed by atoms with E-state index in [-0.39, 0.29) is 0 Å². The van der Waals surface area contributed by atoms with Crippen LogP contribution in [0.15, 0.2) is 30.3 Å². The highest BCUT2D eigenvalue weighted by Gasteiger charge is 2.20. The van der Waals surface area contributed by atoms with Gasteiger partial charge in [-0.1, -0.05) is 31.2 Å². The fourth-order valence-electron chi connectivity index (χ4n) is 3.16. The van der Waals surface area contributed by atoms with Crippen LogP contribution in [0.5, 0.6) is 5.75 Å². The highest BCUT2D eigenvalue weighted by Crippen LogP contribution is 2.33. The van der Waals surface area contributed by atoms with Crippen molar-refractivity contribution in [3.05, 3.63) is 39.5 Å². The molecular formula is C19H21IO2. The zero-order chi connectivity index (χ0) is 15.5. The molecule has 0 amide bonds. The lowest BCUT2D eigenvalue weighted by molar-refractivity contribution is -0.107. The van der Waals surface area contributed by atoms with Crippen molar-refractivity contribution in [3.63, 3.8) is 0 Å². The van der Waals surface area contributed by atoms with Gasteiger partial charge in [-0.2, -0.15) is 0 Å². The van der Waals surface area contributed by atoms with E-state index in [1.165, 1.54) is 27.2 Å². The first kappa shape index (κ1) is 15.8. The molecular weight excluding hydrogens is 387 g/mol. The molecule has 2 nitrogen and oxygen atoms in total. The van der Waals surface area contributed by atoms with E-state index in [1.54, 1.807) is 0 Å². The highest BCUT2D eigenvalue weighted by molar-refractivity contribution is 14.1. The molecule has 1 aliphatic carbocycles. The summed E-state index contributed by atoms with van der Waals surface area (Å²) >= 11 is 2.38. The maximum atomic E-state index is 10.7. The fourth-order valence-corrected chi connectivity index (χ4v) is 3.96. The van der Waals surface area contributed by atoms with Gasteiger partial charge in [0.25, 0.3) is 0 Å². The second-order valence-electron chi connectivity index (χ2n) is 6.30. The predicted octanol–water partition coefficient (Wildman–Crippen LogP) is 5.14. The number of carbonyl (C=O) groups excluding carboxylic acids is 1. The van der Waals surface area contributed by atoms with E-state index in [4.69, 9.17) is 4.74 Å². The van der Waals surface area contributed by atoms with E-state index in [1.807, 2.05) is 6.07 Å². The van der Waals surface area contributed by atoms with E-state index < -0.39 is 0 Å². The Labute approximate surface area is 145 Å². The van der Waals surface area contributed by atoms with E-state index >= 15 is 0 Å². The summed E-state index contributed by atoms with van der Waals surface area (Å²) in [4.78, 5) is 10.7. The lowest BCUT2D eigenvalue weighted by atomic mass is 9.89. The smallest absolute Gasteiger partial charge is 0.133 e. The normalized spacial score (nSPS) is 21.7. The minimum atomic E-state index is 0.358. The topological polar surface area (TPSA) is 26.3 Å². The van der Waals surface area contributed by atoms with Crippen LogP contribution in [-0.4, -0.2) is 12.4 Å². The predicted molar refractivity (Wildman–Crippen MR) is 98.5 cm³/mol. The Morgan fingerprint density at radius 3 is 2.68 bits per heavy atom. The molecule has 0 heterocycles. The summed E-state index contributed by atoms with van der Waals surface area (Å²) in [5.74, 6) is 1.84. The summed E-state index contributed by atoms with van der Waals surface area (Å²) < 4.78 is 7.43. The molecule has 1 aliphatic rings. The Bertz CT molecular complexity index is 672. The third-order valence-corrected chi connectivity index (χ3v) is 5.67. The second-order valence-corrected chi connectivity index (χ2v) is 7.38. The van der Waals surface area contributed by atoms with Crippen molar-refractivity contribution in [2.24, 2.45) is 5.92 Å². The molecule has 0 spiro atoms. The monoisotopic (exact) mass is 408 g/mol. The molecule has 3 heteroatoms. The Morgan fingerprint density at radius 1 is 1.18 bits per heavy atom. The minimum Gasteiger partial charge on any atom is -0.489 e. The van der Waals surface area contributed by atoms with Gasteiger partial charge in [0.1, 0.15) is 12.0 Å². The minimum absolute atomic E-state index is 0.358. The quantitative estimate of drug-likeness (QED) is 0.517. The van der Waals surface area contributed by atoms with Crippen molar-refractivity contribution in [1.82, 2.24) is 0 Å². The number of fused-ring (bicyclic) bond motifs is 1. The summed E-state index contributed by atoms with van der Waals surface area (Å²) in [6, 6.07) is 10.4. The van der Waals surface area contributed by atoms with Crippen LogP contribution in [0.25, 0.3) is 10.8 Å². The summed E-state index contributed by atoms with van der Waals surface area (Å²) in [6.07, 6.45) is 6.64. The molecule has 0 N–H and O–H groups in total. The van der Waals surface area contributed by atoms with Gasteiger partial charge in [0.05, 0.1) is 9.67 Å². The number of carbonyl (C=O) groups is 1. The number of hydrogen-bond donors (Lipinski definition) is 0. The average Bonchev–Trinajstić information content (AvgIpc) is 2.52. The van der Waals surface area contributed by atoms with Gasteiger partial charge in [0.15, 0.2) is 0 Å². The number of hydrogen-bond acceptors (Lipinski definition) is 2. The summed E-state index contributed by atoms with van der Waals surface area (Å²) in [5.41, 5.74) is 1.06. The zero-order valence-electron chi connectivity index (χ0n) is 12.8. The third kappa shape index (κ3) is 3.45. The fraction of sp³-hybridized carbons (Fsp3) is 0.421. The first-order valence-corrected chi connectivity index (χ1v) is 9.06. The molecule has 116 valence electrons. The van der Waals surface area contributed by atoms with Crippen LogP contribution in [0.2, 0.25) is 0 Å². The Morgan fingerprint density at radius 2 is 1.95 bits per heavy atom. The van der Waals surface area contributed by atoms with Gasteiger partial charge in [-0.3, -0.25) is 0 Å². The number of rotatable bonds is 4. The molecule has 0 saturated heterocycles. The SMILES string of the molecule is C[C@H]1CC[C@@H](Oc2ccc3cc(CC=O)ccc3c2I)CC1. The van der Waals surface area contributed by atoms with Crippen LogP contribution in [0.1, 0.15) is 38.2 Å². The molecule has 0 atom stereocenters. The number of halogens is 1. The molecule has 2 aromatic carbocycles. The lowest BCUT2D eigenvalue weighted by Crippen LogP contribution is -2.23. The zero-order valence-corrected chi connectivity index (χ0v) is 15.0. The van der Waals surface area contributed by atoms with Crippen molar-refractivity contribution in [1.29, 1.82) is 0 Å². The Hall–Kier alpha value is -1.10. The van der Waals surface area contributed by atoms with Crippen LogP contribution in [0, 0.1) is 9.49 Å². The van der Waals surface area contributed by atoms with Gasteiger partial charge in [-0.25, -0.2) is 0 Å². The van der Waals surface area contributed by atoms with Gasteiger partial charge in [-0.15, -0.1) is 0 Å². The first-order chi connectivity index (χ1) is 10.7. The average molecular weight is 408 g/mol. The third-order valence-electron chi connectivity index (χ3n) is 4.56. The van der Waals surface area contributed by atoms with Gasteiger partial charge < -0.3 is 9.53 Å². The van der Waals surface area contributed by atoms with Crippen molar-refractivity contribution in [2.75, 3.05) is 0 Å². The van der Waals surface area contributed by atoms with Crippen molar-refractivity contribution >= 4 is 39.6 Å². The van der Waals surface area contributed by atoms with Gasteiger partial charge in [-0.05, 0) is 76.6 Å². The standard InChI is InChI=1S/C19H21IO2/c1-13-2-6-16(7-3-13)22-18-9-5-15-12-14(10-11-21)4-8-17(15)19(18)20/h4-5,8-9,11-13,16H,2-3,6-7,10H2,1H3/t13-,16+. The van der Waals surface area contributed by atoms with Crippen LogP contribution in [0.3, 0.4) is 0 Å². The summed E-state index contributed by atoms with van der Waals surface area (Å²) in [6.45, 7) is 2.33. The summed E-state index contributed by atoms with van der Waals surface area (Å²) in [5, 5.41) is 2.38. The van der Waals surface area contributed by atoms with E-state index in [9.17, 15) is 4.79 Å². The molecule has 2 aromatic rings. The molecule has 1 fully saturated rings. The maximum Gasteiger partial charge on any atom is 0.133 e. The maximum absolute atomic E-state index is 10.7. The summed E-state index contributed by atoms with van der Waals surface area (Å²) in [7, 11) is 0. The Balaban J connectivity index is 1.83. The number of aldehydes is 1. The Kier molecular flexibility index (Phi) is 5.01. The molecule has 1 saturated carbocycles. The van der Waals surface area contributed by atoms with Crippen molar-refractivity contribution < 1.29 is 9.53 Å². The van der Waals surface area contributed by atoms with Gasteiger partial charge >= 0.3 is 0 Å². The van der Waals surface area contributed by atoms with Crippen LogP contribution in [0.4, 0.5) is 0 Å². The van der Waals surface area contributed by atoms with Crippen LogP contribution in [-0.2, 0) is 11.2 Å². The molecule has 0 aromatic heterocycles. The molecule has 0 unspecified atom stereocenters. The van der Waals surface area contributed by atoms with Crippen LogP contribution < -0.4 is 4.74 Å². The molecule has 3 rings (SSSR count). The first-order valence-electron chi connectivity index (χ1n) is 7.99. The largest absolute Gasteiger partial charge is 0.489 e. The second kappa shape index (κ2) is 6.99. The molecule has 0 aliphatic heterocycles.